The summed E-state index contributed by atoms with van der Waals surface area (Å²) in [6.45, 7) is 0. The van der Waals surface area contributed by atoms with Crippen LogP contribution in [0.5, 0.6) is 11.5 Å². The SMILES string of the molecule is O=C(/C=C/c1ccc(O)c(F)c1F)c1ccc(OC(F)(F)F)cc1. The number of hydrogen-bond acceptors (Lipinski definition) is 3. The van der Waals surface area contributed by atoms with Crippen LogP contribution >= 0.6 is 0 Å². The van der Waals surface area contributed by atoms with Gasteiger partial charge >= 0.3 is 6.36 Å². The van der Waals surface area contributed by atoms with Gasteiger partial charge in [-0.25, -0.2) is 4.39 Å². The lowest BCUT2D eigenvalue weighted by atomic mass is 10.1. The molecule has 0 aliphatic carbocycles. The normalized spacial score (nSPS) is 11.7. The Morgan fingerprint density at radius 1 is 1.00 bits per heavy atom. The number of halogens is 5. The Kier molecular flexibility index (Phi) is 4.87. The first-order valence-electron chi connectivity index (χ1n) is 6.42. The van der Waals surface area contributed by atoms with Gasteiger partial charge in [0.25, 0.3) is 0 Å². The summed E-state index contributed by atoms with van der Waals surface area (Å²) in [5, 5.41) is 8.99. The smallest absolute Gasteiger partial charge is 0.505 e. The molecule has 8 heteroatoms. The number of carbonyl (C=O) groups is 1. The van der Waals surface area contributed by atoms with Gasteiger partial charge in [-0.15, -0.1) is 13.2 Å². The molecule has 0 spiro atoms. The molecule has 126 valence electrons. The van der Waals surface area contributed by atoms with Crippen LogP contribution in [0, 0.1) is 11.6 Å². The van der Waals surface area contributed by atoms with E-state index in [1.807, 2.05) is 0 Å². The Morgan fingerprint density at radius 3 is 2.21 bits per heavy atom. The Morgan fingerprint density at radius 2 is 1.62 bits per heavy atom. The van der Waals surface area contributed by atoms with Crippen molar-refractivity contribution in [1.29, 1.82) is 0 Å². The van der Waals surface area contributed by atoms with E-state index >= 15 is 0 Å². The Bertz CT molecular complexity index is 780. The summed E-state index contributed by atoms with van der Waals surface area (Å²) in [5.74, 6) is -4.77. The molecule has 2 aromatic carbocycles. The fourth-order valence-corrected chi connectivity index (χ4v) is 1.77. The third-order valence-corrected chi connectivity index (χ3v) is 2.88. The van der Waals surface area contributed by atoms with Gasteiger partial charge in [0.2, 0.25) is 5.82 Å². The summed E-state index contributed by atoms with van der Waals surface area (Å²) in [5.41, 5.74) is -0.240. The highest BCUT2D eigenvalue weighted by Gasteiger charge is 2.31. The van der Waals surface area contributed by atoms with Crippen molar-refractivity contribution < 1.29 is 36.6 Å². The number of aromatic hydroxyl groups is 1. The van der Waals surface area contributed by atoms with Crippen molar-refractivity contribution in [2.45, 2.75) is 6.36 Å². The van der Waals surface area contributed by atoms with Crippen LogP contribution in [0.1, 0.15) is 15.9 Å². The number of ketones is 1. The van der Waals surface area contributed by atoms with Crippen molar-refractivity contribution in [2.75, 3.05) is 0 Å². The second kappa shape index (κ2) is 6.69. The van der Waals surface area contributed by atoms with Gasteiger partial charge in [0.05, 0.1) is 0 Å². The highest BCUT2D eigenvalue weighted by Crippen LogP contribution is 2.24. The molecule has 0 fully saturated rings. The number of benzene rings is 2. The lowest BCUT2D eigenvalue weighted by Crippen LogP contribution is -2.17. The van der Waals surface area contributed by atoms with Gasteiger partial charge < -0.3 is 9.84 Å². The van der Waals surface area contributed by atoms with Crippen molar-refractivity contribution in [3.8, 4) is 11.5 Å². The van der Waals surface area contributed by atoms with Crippen LogP contribution in [-0.4, -0.2) is 17.3 Å². The molecule has 0 saturated heterocycles. The molecule has 0 heterocycles. The molecular weight excluding hydrogens is 335 g/mol. The zero-order chi connectivity index (χ0) is 17.9. The average molecular weight is 344 g/mol. The standard InChI is InChI=1S/C16H9F5O3/c17-14-10(4-8-13(23)15(14)18)3-7-12(22)9-1-5-11(6-2-9)24-16(19,20)21/h1-8,23H/b7-3+. The third-order valence-electron chi connectivity index (χ3n) is 2.88. The summed E-state index contributed by atoms with van der Waals surface area (Å²) < 4.78 is 66.4. The second-order valence-corrected chi connectivity index (χ2v) is 4.57. The van der Waals surface area contributed by atoms with Crippen molar-refractivity contribution in [2.24, 2.45) is 0 Å². The fraction of sp³-hybridized carbons (Fsp3) is 0.0625. The summed E-state index contributed by atoms with van der Waals surface area (Å²) in [4.78, 5) is 11.9. The first-order chi connectivity index (χ1) is 11.2. The molecule has 24 heavy (non-hydrogen) atoms. The fourth-order valence-electron chi connectivity index (χ4n) is 1.77. The number of ether oxygens (including phenoxy) is 1. The van der Waals surface area contributed by atoms with Crippen LogP contribution in [0.3, 0.4) is 0 Å². The highest BCUT2D eigenvalue weighted by molar-refractivity contribution is 6.06. The number of alkyl halides is 3. The van der Waals surface area contributed by atoms with Gasteiger partial charge in [-0.1, -0.05) is 0 Å². The van der Waals surface area contributed by atoms with Crippen LogP contribution in [0.4, 0.5) is 22.0 Å². The number of allylic oxidation sites excluding steroid dienone is 1. The minimum Gasteiger partial charge on any atom is -0.505 e. The third kappa shape index (κ3) is 4.31. The predicted molar refractivity (Wildman–Crippen MR) is 74.5 cm³/mol. The molecule has 2 aromatic rings. The Labute approximate surface area is 132 Å². The molecule has 0 radical (unpaired) electrons. The lowest BCUT2D eigenvalue weighted by Gasteiger charge is -2.08. The number of rotatable bonds is 4. The number of phenols is 1. The van der Waals surface area contributed by atoms with Gasteiger partial charge in [0.1, 0.15) is 5.75 Å². The molecule has 0 aromatic heterocycles. The van der Waals surface area contributed by atoms with Crippen LogP contribution in [0.25, 0.3) is 6.08 Å². The van der Waals surface area contributed by atoms with Gasteiger partial charge in [0.15, 0.2) is 17.3 Å². The number of hydrogen-bond donors (Lipinski definition) is 1. The molecule has 0 amide bonds. The van der Waals surface area contributed by atoms with E-state index in [-0.39, 0.29) is 11.1 Å². The molecule has 0 atom stereocenters. The monoisotopic (exact) mass is 344 g/mol. The van der Waals surface area contributed by atoms with Crippen molar-refractivity contribution in [3.63, 3.8) is 0 Å². The van der Waals surface area contributed by atoms with Crippen LogP contribution in [0.15, 0.2) is 42.5 Å². The largest absolute Gasteiger partial charge is 0.573 e. The maximum absolute atomic E-state index is 13.5. The van der Waals surface area contributed by atoms with Crippen LogP contribution in [-0.2, 0) is 0 Å². The minimum atomic E-state index is -4.84. The Hall–Kier alpha value is -2.90. The van der Waals surface area contributed by atoms with Gasteiger partial charge in [-0.2, -0.15) is 4.39 Å². The van der Waals surface area contributed by atoms with E-state index in [2.05, 4.69) is 4.74 Å². The zero-order valence-corrected chi connectivity index (χ0v) is 11.8. The van der Waals surface area contributed by atoms with E-state index < -0.39 is 35.3 Å². The minimum absolute atomic E-state index is 0.0282. The maximum Gasteiger partial charge on any atom is 0.573 e. The quantitative estimate of drug-likeness (QED) is 0.506. The van der Waals surface area contributed by atoms with Crippen molar-refractivity contribution in [1.82, 2.24) is 0 Å². The van der Waals surface area contributed by atoms with Gasteiger partial charge in [0, 0.05) is 11.1 Å². The van der Waals surface area contributed by atoms with E-state index in [0.717, 1.165) is 48.6 Å². The number of phenolic OH excluding ortho intramolecular Hbond substituents is 1. The molecule has 2 rings (SSSR count). The van der Waals surface area contributed by atoms with Gasteiger partial charge in [-0.05, 0) is 48.6 Å². The molecule has 3 nitrogen and oxygen atoms in total. The summed E-state index contributed by atoms with van der Waals surface area (Å²) in [6, 6.07) is 6.09. The van der Waals surface area contributed by atoms with E-state index in [9.17, 15) is 26.7 Å². The molecule has 0 aliphatic heterocycles. The van der Waals surface area contributed by atoms with Crippen molar-refractivity contribution >= 4 is 11.9 Å². The Balaban J connectivity index is 2.14. The first kappa shape index (κ1) is 17.5. The van der Waals surface area contributed by atoms with E-state index in [1.165, 1.54) is 0 Å². The van der Waals surface area contributed by atoms with Crippen LogP contribution in [0.2, 0.25) is 0 Å². The molecular formula is C16H9F5O3. The first-order valence-corrected chi connectivity index (χ1v) is 6.42. The topological polar surface area (TPSA) is 46.5 Å². The van der Waals surface area contributed by atoms with Gasteiger partial charge in [-0.3, -0.25) is 4.79 Å². The van der Waals surface area contributed by atoms with Crippen LogP contribution < -0.4 is 4.74 Å². The summed E-state index contributed by atoms with van der Waals surface area (Å²) in [7, 11) is 0. The van der Waals surface area contributed by atoms with E-state index in [4.69, 9.17) is 5.11 Å². The zero-order valence-electron chi connectivity index (χ0n) is 11.8. The second-order valence-electron chi connectivity index (χ2n) is 4.57. The number of carbonyl (C=O) groups excluding carboxylic acids is 1. The van der Waals surface area contributed by atoms with Crippen molar-refractivity contribution in [3.05, 3.63) is 65.2 Å². The van der Waals surface area contributed by atoms with E-state index in [0.29, 0.717) is 0 Å². The molecule has 0 unspecified atom stereocenters. The van der Waals surface area contributed by atoms with E-state index in [1.54, 1.807) is 0 Å². The summed E-state index contributed by atoms with van der Waals surface area (Å²) in [6.07, 6.45) is -2.93. The lowest BCUT2D eigenvalue weighted by molar-refractivity contribution is -0.274. The molecule has 0 aliphatic rings. The molecule has 1 N–H and O–H groups in total. The molecule has 0 bridgehead atoms. The summed E-state index contributed by atoms with van der Waals surface area (Å²) >= 11 is 0. The highest BCUT2D eigenvalue weighted by atomic mass is 19.4. The maximum atomic E-state index is 13.5. The average Bonchev–Trinajstić information content (AvgIpc) is 2.51. The molecule has 0 saturated carbocycles. The predicted octanol–water partition coefficient (Wildman–Crippen LogP) is 4.47.